The van der Waals surface area contributed by atoms with Crippen molar-refractivity contribution in [2.45, 2.75) is 6.92 Å². The monoisotopic (exact) mass is 313 g/mol. The van der Waals surface area contributed by atoms with Crippen LogP contribution in [0.25, 0.3) is 0 Å². The Morgan fingerprint density at radius 1 is 1.56 bits per heavy atom. The number of aromatic carboxylic acids is 1. The summed E-state index contributed by atoms with van der Waals surface area (Å²) in [4.78, 5) is 11.1. The third-order valence-electron chi connectivity index (χ3n) is 2.14. The summed E-state index contributed by atoms with van der Waals surface area (Å²) in [6, 6.07) is 5.22. The summed E-state index contributed by atoms with van der Waals surface area (Å²) in [5.74, 6) is -0.965. The molecule has 0 heterocycles. The van der Waals surface area contributed by atoms with Crippen molar-refractivity contribution >= 4 is 27.6 Å². The molecule has 1 aromatic rings. The number of hydrogen-bond acceptors (Lipinski definition) is 3. The van der Waals surface area contributed by atoms with Crippen LogP contribution in [0.1, 0.15) is 17.3 Å². The van der Waals surface area contributed by atoms with Crippen molar-refractivity contribution in [1.29, 1.82) is 0 Å². The topological polar surface area (TPSA) is 58.6 Å². The largest absolute Gasteiger partial charge is 0.478 e. The Bertz CT molecular complexity index is 446. The Kier molecular flexibility index (Phi) is 5.88. The standard InChI is InChI=1S/C13H16BrNO3/c1-9(2)8-18-7-6-15-11-5-3-4-10(14)12(11)13(16)17/h3-5,15H,1,6-8H2,2H3,(H,16,17). The van der Waals surface area contributed by atoms with Crippen LogP contribution in [0.15, 0.2) is 34.8 Å². The van der Waals surface area contributed by atoms with E-state index in [1.54, 1.807) is 18.2 Å². The molecule has 0 aliphatic carbocycles. The van der Waals surface area contributed by atoms with Crippen LogP contribution in [0.4, 0.5) is 5.69 Å². The predicted octanol–water partition coefficient (Wildman–Crippen LogP) is 3.15. The Balaban J connectivity index is 2.54. The van der Waals surface area contributed by atoms with E-state index in [0.717, 1.165) is 5.57 Å². The molecule has 0 unspecified atom stereocenters. The van der Waals surface area contributed by atoms with E-state index in [0.29, 0.717) is 29.9 Å². The van der Waals surface area contributed by atoms with Crippen LogP contribution in [0.3, 0.4) is 0 Å². The van der Waals surface area contributed by atoms with Crippen LogP contribution in [-0.2, 0) is 4.74 Å². The first-order valence-corrected chi connectivity index (χ1v) is 6.29. The Morgan fingerprint density at radius 2 is 2.28 bits per heavy atom. The molecule has 0 saturated heterocycles. The molecule has 1 rings (SSSR count). The molecule has 0 aromatic heterocycles. The van der Waals surface area contributed by atoms with Crippen molar-refractivity contribution in [2.75, 3.05) is 25.1 Å². The molecular formula is C13H16BrNO3. The van der Waals surface area contributed by atoms with Gasteiger partial charge < -0.3 is 15.2 Å². The minimum absolute atomic E-state index is 0.234. The number of halogens is 1. The van der Waals surface area contributed by atoms with Gasteiger partial charge in [0, 0.05) is 16.7 Å². The third kappa shape index (κ3) is 4.50. The highest BCUT2D eigenvalue weighted by Gasteiger charge is 2.13. The fraction of sp³-hybridized carbons (Fsp3) is 0.308. The van der Waals surface area contributed by atoms with E-state index in [9.17, 15) is 4.79 Å². The summed E-state index contributed by atoms with van der Waals surface area (Å²) >= 11 is 3.23. The zero-order chi connectivity index (χ0) is 13.5. The van der Waals surface area contributed by atoms with Crippen molar-refractivity contribution < 1.29 is 14.6 Å². The predicted molar refractivity (Wildman–Crippen MR) is 75.2 cm³/mol. The summed E-state index contributed by atoms with van der Waals surface area (Å²) in [7, 11) is 0. The molecule has 0 fully saturated rings. The lowest BCUT2D eigenvalue weighted by atomic mass is 10.2. The number of nitrogens with one attached hydrogen (secondary N) is 1. The number of anilines is 1. The summed E-state index contributed by atoms with van der Waals surface area (Å²) in [6.45, 7) is 7.19. The maximum atomic E-state index is 11.1. The zero-order valence-electron chi connectivity index (χ0n) is 10.2. The van der Waals surface area contributed by atoms with Crippen molar-refractivity contribution in [3.8, 4) is 0 Å². The number of carboxylic acids is 1. The Labute approximate surface area is 115 Å². The van der Waals surface area contributed by atoms with Crippen LogP contribution in [0, 0.1) is 0 Å². The van der Waals surface area contributed by atoms with E-state index in [1.165, 1.54) is 0 Å². The van der Waals surface area contributed by atoms with Crippen LogP contribution in [-0.4, -0.2) is 30.8 Å². The minimum atomic E-state index is -0.965. The fourth-order valence-corrected chi connectivity index (χ4v) is 1.93. The number of ether oxygens (including phenoxy) is 1. The van der Waals surface area contributed by atoms with E-state index in [2.05, 4.69) is 27.8 Å². The molecule has 0 saturated carbocycles. The van der Waals surface area contributed by atoms with Gasteiger partial charge in [-0.2, -0.15) is 0 Å². The molecule has 0 aliphatic rings. The average Bonchev–Trinajstić information content (AvgIpc) is 2.27. The van der Waals surface area contributed by atoms with Gasteiger partial charge >= 0.3 is 5.97 Å². The molecule has 2 N–H and O–H groups in total. The Morgan fingerprint density at radius 3 is 2.89 bits per heavy atom. The van der Waals surface area contributed by atoms with Gasteiger partial charge in [-0.3, -0.25) is 0 Å². The number of carboxylic acid groups (broad SMARTS) is 1. The number of rotatable bonds is 7. The van der Waals surface area contributed by atoms with E-state index < -0.39 is 5.97 Å². The van der Waals surface area contributed by atoms with Crippen molar-refractivity contribution in [3.63, 3.8) is 0 Å². The molecule has 5 heteroatoms. The summed E-state index contributed by atoms with van der Waals surface area (Å²) < 4.78 is 5.88. The molecular weight excluding hydrogens is 298 g/mol. The second-order valence-corrected chi connectivity index (χ2v) is 4.76. The van der Waals surface area contributed by atoms with Gasteiger partial charge in [-0.1, -0.05) is 18.2 Å². The van der Waals surface area contributed by atoms with Crippen molar-refractivity contribution in [2.24, 2.45) is 0 Å². The van der Waals surface area contributed by atoms with Gasteiger partial charge in [-0.25, -0.2) is 4.79 Å². The normalized spacial score (nSPS) is 10.1. The van der Waals surface area contributed by atoms with Crippen molar-refractivity contribution in [3.05, 3.63) is 40.4 Å². The van der Waals surface area contributed by atoms with Crippen LogP contribution >= 0.6 is 15.9 Å². The third-order valence-corrected chi connectivity index (χ3v) is 2.80. The SMILES string of the molecule is C=C(C)COCCNc1cccc(Br)c1C(=O)O. The number of carbonyl (C=O) groups is 1. The molecule has 0 spiro atoms. The first-order chi connectivity index (χ1) is 8.52. The van der Waals surface area contributed by atoms with E-state index >= 15 is 0 Å². The van der Waals surface area contributed by atoms with Crippen LogP contribution in [0.5, 0.6) is 0 Å². The minimum Gasteiger partial charge on any atom is -0.478 e. The lowest BCUT2D eigenvalue weighted by Crippen LogP contribution is -2.13. The van der Waals surface area contributed by atoms with E-state index in [1.807, 2.05) is 6.92 Å². The maximum Gasteiger partial charge on any atom is 0.338 e. The first-order valence-electron chi connectivity index (χ1n) is 5.50. The quantitative estimate of drug-likeness (QED) is 0.599. The second-order valence-electron chi connectivity index (χ2n) is 3.90. The molecule has 0 bridgehead atoms. The Hall–Kier alpha value is -1.33. The molecule has 0 radical (unpaired) electrons. The van der Waals surface area contributed by atoms with Crippen LogP contribution in [0.2, 0.25) is 0 Å². The molecule has 4 nitrogen and oxygen atoms in total. The first kappa shape index (κ1) is 14.7. The van der Waals surface area contributed by atoms with Gasteiger partial charge in [-0.05, 0) is 35.0 Å². The molecule has 18 heavy (non-hydrogen) atoms. The molecule has 0 aliphatic heterocycles. The highest BCUT2D eigenvalue weighted by molar-refractivity contribution is 9.10. The smallest absolute Gasteiger partial charge is 0.338 e. The van der Waals surface area contributed by atoms with E-state index in [-0.39, 0.29) is 5.56 Å². The summed E-state index contributed by atoms with van der Waals surface area (Å²) in [6.07, 6.45) is 0. The lowest BCUT2D eigenvalue weighted by Gasteiger charge is -2.11. The fourth-order valence-electron chi connectivity index (χ4n) is 1.39. The summed E-state index contributed by atoms with van der Waals surface area (Å²) in [5.41, 5.74) is 1.77. The highest BCUT2D eigenvalue weighted by Crippen LogP contribution is 2.24. The second kappa shape index (κ2) is 7.18. The average molecular weight is 314 g/mol. The molecule has 0 atom stereocenters. The summed E-state index contributed by atoms with van der Waals surface area (Å²) in [5, 5.41) is 12.2. The van der Waals surface area contributed by atoms with Gasteiger partial charge in [0.2, 0.25) is 0 Å². The molecule has 0 amide bonds. The van der Waals surface area contributed by atoms with E-state index in [4.69, 9.17) is 9.84 Å². The van der Waals surface area contributed by atoms with Gasteiger partial charge in [0.25, 0.3) is 0 Å². The number of benzene rings is 1. The molecule has 1 aromatic carbocycles. The highest BCUT2D eigenvalue weighted by atomic mass is 79.9. The van der Waals surface area contributed by atoms with Gasteiger partial charge in [-0.15, -0.1) is 0 Å². The van der Waals surface area contributed by atoms with Gasteiger partial charge in [0.05, 0.1) is 18.8 Å². The molecule has 98 valence electrons. The lowest BCUT2D eigenvalue weighted by molar-refractivity contribution is 0.0697. The maximum absolute atomic E-state index is 11.1. The zero-order valence-corrected chi connectivity index (χ0v) is 11.8. The van der Waals surface area contributed by atoms with Crippen molar-refractivity contribution in [1.82, 2.24) is 0 Å². The van der Waals surface area contributed by atoms with Crippen LogP contribution < -0.4 is 5.32 Å². The van der Waals surface area contributed by atoms with Gasteiger partial charge in [0.15, 0.2) is 0 Å². The van der Waals surface area contributed by atoms with Gasteiger partial charge in [0.1, 0.15) is 0 Å². The number of hydrogen-bond donors (Lipinski definition) is 2.